The Hall–Kier alpha value is -8.25. The van der Waals surface area contributed by atoms with Gasteiger partial charge in [0, 0.05) is 5.69 Å². The van der Waals surface area contributed by atoms with E-state index in [9.17, 15) is 2.74 Å². The van der Waals surface area contributed by atoms with Crippen LogP contribution in [0.5, 0.6) is 11.6 Å². The second-order valence-corrected chi connectivity index (χ2v) is 20.6. The third kappa shape index (κ3) is 8.93. The van der Waals surface area contributed by atoms with Gasteiger partial charge in [0.15, 0.2) is 0 Å². The summed E-state index contributed by atoms with van der Waals surface area (Å²) in [6, 6.07) is 53.3. The van der Waals surface area contributed by atoms with Crippen LogP contribution in [0.15, 0.2) is 224 Å². The van der Waals surface area contributed by atoms with Gasteiger partial charge in [0.1, 0.15) is 0 Å². The molecular weight excluding hydrogens is 1110 g/mol. The van der Waals surface area contributed by atoms with Crippen LogP contribution in [0.4, 0.5) is 22.9 Å². The Morgan fingerprint density at radius 3 is 1.87 bits per heavy atom. The number of para-hydroxylation sites is 5. The van der Waals surface area contributed by atoms with Crippen molar-refractivity contribution < 1.29 is 47.4 Å². The standard InChI is InChI=1S/C68H58BN5O.Pt/c1-46-37-58(50-25-11-8-12-26-50)67(59(38-46)51-27-22-28-53(41-51)68(5,6)7)72-45-71(60-33-17-18-34-61(60)72)56-42-52(66-48(3)23-21-24-49(66)4)43-57(44-56)75-65-40-47(2)39-64(70-65)74-63-36-20-19-35-62(63)73(55-31-15-10-16-32-55)69(74)54-29-13-9-14-30-54;/h8-44H,1-7H3;/i1D3,2D3,3D3,4D3,8D,11D,12D,25D,26D;. The summed E-state index contributed by atoms with van der Waals surface area (Å²) >= 11 is 2.09. The molecule has 0 N–H and O–H groups in total. The summed E-state index contributed by atoms with van der Waals surface area (Å²) in [6.45, 7) is -5.76. The fraction of sp³-hybridized carbons (Fsp3) is 0.118. The second-order valence-electron chi connectivity index (χ2n) is 19.6. The number of imidazole rings is 1. The molecule has 0 unspecified atom stereocenters. The molecule has 0 radical (unpaired) electrons. The molecule has 0 atom stereocenters. The van der Waals surface area contributed by atoms with Gasteiger partial charge in [0.2, 0.25) is 0 Å². The number of ether oxygens (including phenoxy) is 1. The van der Waals surface area contributed by atoms with Gasteiger partial charge in [-0.1, -0.05) is 60.7 Å². The number of nitrogens with zero attached hydrogens (tertiary/aromatic N) is 5. The molecule has 0 saturated heterocycles. The van der Waals surface area contributed by atoms with Crippen molar-refractivity contribution in [3.63, 3.8) is 0 Å². The number of rotatable bonds is 10. The van der Waals surface area contributed by atoms with Crippen LogP contribution in [0.1, 0.15) is 71.9 Å². The number of hydrogen-bond donors (Lipinski definition) is 0. The first kappa shape index (κ1) is 32.9. The van der Waals surface area contributed by atoms with Crippen molar-refractivity contribution in [1.29, 1.82) is 0 Å². The van der Waals surface area contributed by atoms with Gasteiger partial charge in [0.05, 0.1) is 0 Å². The van der Waals surface area contributed by atoms with Crippen LogP contribution >= 0.6 is 0 Å². The SMILES string of the molecule is [2H]c1c([2H])c([2H])c(-c2cc(C([2H])([2H])[2H])cc(-c3cccc(C(C)(C)C)c3)c2-n2[c](=[Pt])n(-c3cc(Oc4cc(C([2H])([2H])[2H])cc(N5B(c6ccccc6)N(c6ccccc6)c6ccccc65)n4)cc(-c4c(C([2H])([2H])[2H])cccc4C([2H])([2H])[2H])c3)c3ccccc32)c([2H])c1[2H]. The molecule has 76 heavy (non-hydrogen) atoms. The number of aryl methyl sites for hydroxylation is 4. The fourth-order valence-corrected chi connectivity index (χ4v) is 11.3. The van der Waals surface area contributed by atoms with Crippen LogP contribution in [0.25, 0.3) is 55.8 Å². The Labute approximate surface area is 481 Å². The molecule has 0 bridgehead atoms. The molecule has 11 aromatic rings. The van der Waals surface area contributed by atoms with Crippen molar-refractivity contribution in [1.82, 2.24) is 14.1 Å². The summed E-state index contributed by atoms with van der Waals surface area (Å²) in [5.41, 5.74) is 4.76. The summed E-state index contributed by atoms with van der Waals surface area (Å²) in [7, 11) is 0. The van der Waals surface area contributed by atoms with Crippen LogP contribution < -0.4 is 19.8 Å². The number of fused-ring (bicyclic) bond motifs is 2. The van der Waals surface area contributed by atoms with Gasteiger partial charge < -0.3 is 0 Å². The fourth-order valence-electron chi connectivity index (χ4n) is 10.3. The molecule has 9 aromatic carbocycles. The third-order valence-electron chi connectivity index (χ3n) is 13.6. The second kappa shape index (κ2) is 19.8. The molecule has 1 aliphatic rings. The van der Waals surface area contributed by atoms with Crippen LogP contribution in [0.2, 0.25) is 0 Å². The Balaban J connectivity index is 1.16. The van der Waals surface area contributed by atoms with Gasteiger partial charge in [-0.2, -0.15) is 0 Å². The van der Waals surface area contributed by atoms with Gasteiger partial charge in [-0.25, -0.2) is 0 Å². The average Bonchev–Trinajstić information content (AvgIpc) is 1.61. The summed E-state index contributed by atoms with van der Waals surface area (Å²) < 4.78 is 162. The molecule has 0 amide bonds. The van der Waals surface area contributed by atoms with E-state index in [-0.39, 0.29) is 73.3 Å². The average molecular weight is 1180 g/mol. The van der Waals surface area contributed by atoms with Crippen molar-refractivity contribution in [2.75, 3.05) is 9.62 Å². The molecule has 0 fully saturated rings. The number of anilines is 4. The summed E-state index contributed by atoms with van der Waals surface area (Å²) in [4.78, 5) is 9.23. The Kier molecular flexibility index (Phi) is 8.58. The van der Waals surface area contributed by atoms with E-state index in [0.717, 1.165) is 22.4 Å². The van der Waals surface area contributed by atoms with E-state index in [1.807, 2.05) is 135 Å². The first-order chi connectivity index (χ1) is 43.8. The molecule has 0 aliphatic carbocycles. The van der Waals surface area contributed by atoms with Gasteiger partial charge in [-0.15, -0.1) is 0 Å². The summed E-state index contributed by atoms with van der Waals surface area (Å²) in [6.07, 6.45) is 0. The van der Waals surface area contributed by atoms with E-state index in [1.165, 1.54) is 48.5 Å². The van der Waals surface area contributed by atoms with Crippen molar-refractivity contribution in [3.8, 4) is 56.4 Å². The molecule has 6 nitrogen and oxygen atoms in total. The van der Waals surface area contributed by atoms with Gasteiger partial charge in [0.25, 0.3) is 0 Å². The van der Waals surface area contributed by atoms with Gasteiger partial charge in [-0.05, 0) is 18.2 Å². The van der Waals surface area contributed by atoms with Crippen LogP contribution in [-0.2, 0) is 24.8 Å². The summed E-state index contributed by atoms with van der Waals surface area (Å²) in [5.74, 6) is -0.0244. The van der Waals surface area contributed by atoms with E-state index >= 15 is 0 Å². The zero-order valence-electron chi connectivity index (χ0n) is 58.5. The van der Waals surface area contributed by atoms with Crippen molar-refractivity contribution in [2.24, 2.45) is 0 Å². The molecule has 2 aromatic heterocycles. The van der Waals surface area contributed by atoms with Gasteiger partial charge in [-0.3, -0.25) is 0 Å². The Bertz CT molecular complexity index is 4770. The molecule has 0 spiro atoms. The number of hydrogen-bond acceptors (Lipinski definition) is 4. The zero-order chi connectivity index (χ0) is 66.6. The summed E-state index contributed by atoms with van der Waals surface area (Å²) in [5, 5.41) is 0. The van der Waals surface area contributed by atoms with E-state index < -0.39 is 70.0 Å². The number of benzene rings is 9. The number of aromatic nitrogens is 3. The van der Waals surface area contributed by atoms with Crippen molar-refractivity contribution in [3.05, 3.63) is 256 Å². The van der Waals surface area contributed by atoms with E-state index in [4.69, 9.17) is 30.3 Å². The Morgan fingerprint density at radius 2 is 1.17 bits per heavy atom. The third-order valence-corrected chi connectivity index (χ3v) is 14.6. The van der Waals surface area contributed by atoms with E-state index in [0.29, 0.717) is 31.7 Å². The molecule has 0 saturated carbocycles. The molecule has 374 valence electrons. The Morgan fingerprint density at radius 1 is 0.539 bits per heavy atom. The minimum atomic E-state index is -2.87. The molecule has 3 heterocycles. The molecular formula is C68H58BN5OPt. The number of pyridine rings is 1. The van der Waals surface area contributed by atoms with Crippen molar-refractivity contribution >= 4 is 46.4 Å². The van der Waals surface area contributed by atoms with Crippen LogP contribution in [0.3, 0.4) is 0 Å². The molecule has 8 heteroatoms. The first-order valence-electron chi connectivity index (χ1n) is 33.1. The molecule has 1 aliphatic heterocycles. The zero-order valence-corrected chi connectivity index (χ0v) is 43.8. The minimum absolute atomic E-state index is 0.00674. The topological polar surface area (TPSA) is 38.5 Å². The maximum atomic E-state index is 9.42. The van der Waals surface area contributed by atoms with Crippen LogP contribution in [-0.4, -0.2) is 21.1 Å². The first-order valence-corrected chi connectivity index (χ1v) is 25.8. The maximum absolute atomic E-state index is 9.42. The van der Waals surface area contributed by atoms with Crippen LogP contribution in [0, 0.1) is 31.2 Å². The van der Waals surface area contributed by atoms with E-state index in [2.05, 4.69) is 24.2 Å². The quantitative estimate of drug-likeness (QED) is 0.128. The predicted octanol–water partition coefficient (Wildman–Crippen LogP) is 16.9. The van der Waals surface area contributed by atoms with Gasteiger partial charge >= 0.3 is 399 Å². The molecule has 12 rings (SSSR count). The normalized spacial score (nSPS) is 16.3. The van der Waals surface area contributed by atoms with E-state index in [1.54, 1.807) is 45.5 Å². The van der Waals surface area contributed by atoms with Crippen molar-refractivity contribution in [2.45, 2.75) is 53.6 Å². The predicted molar refractivity (Wildman–Crippen MR) is 313 cm³/mol. The monoisotopic (exact) mass is 1180 g/mol.